The van der Waals surface area contributed by atoms with Crippen LogP contribution in [0.1, 0.15) is 38.5 Å². The van der Waals surface area contributed by atoms with Crippen molar-refractivity contribution in [2.24, 2.45) is 5.41 Å². The van der Waals surface area contributed by atoms with Crippen LogP contribution in [0.5, 0.6) is 0 Å². The highest BCUT2D eigenvalue weighted by Crippen LogP contribution is 2.56. The molecule has 2 aliphatic heterocycles. The van der Waals surface area contributed by atoms with E-state index in [1.165, 1.54) is 7.11 Å². The van der Waals surface area contributed by atoms with Crippen molar-refractivity contribution in [3.8, 4) is 6.07 Å². The van der Waals surface area contributed by atoms with Gasteiger partial charge in [-0.2, -0.15) is 5.26 Å². The van der Waals surface area contributed by atoms with Crippen LogP contribution in [-0.4, -0.2) is 30.9 Å². The van der Waals surface area contributed by atoms with E-state index in [-0.39, 0.29) is 5.78 Å². The molecule has 5 heteroatoms. The number of nitrogens with zero attached hydrogens (tertiary/aromatic N) is 2. The molecule has 0 aromatic heterocycles. The quantitative estimate of drug-likeness (QED) is 0.392. The summed E-state index contributed by atoms with van der Waals surface area (Å²) in [4.78, 5) is 29.8. The highest BCUT2D eigenvalue weighted by atomic mass is 16.5. The van der Waals surface area contributed by atoms with E-state index < -0.39 is 29.4 Å². The zero-order valence-corrected chi connectivity index (χ0v) is 19.9. The number of ether oxygens (including phenoxy) is 1. The first kappa shape index (κ1) is 22.6. The number of rotatable bonds is 4. The average Bonchev–Trinajstić information content (AvgIpc) is 3.19. The largest absolute Gasteiger partial charge is 0.468 e. The van der Waals surface area contributed by atoms with E-state index in [0.717, 1.165) is 27.9 Å². The lowest BCUT2D eigenvalue weighted by molar-refractivity contribution is -0.150. The van der Waals surface area contributed by atoms with Crippen molar-refractivity contribution in [3.05, 3.63) is 107 Å². The number of anilines is 1. The summed E-state index contributed by atoms with van der Waals surface area (Å²) in [7, 11) is 1.30. The van der Waals surface area contributed by atoms with Crippen LogP contribution in [-0.2, 0) is 9.53 Å². The number of methoxy groups -OCH3 is 1. The normalized spacial score (nSPS) is 24.3. The molecule has 0 radical (unpaired) electrons. The van der Waals surface area contributed by atoms with Gasteiger partial charge in [-0.15, -0.1) is 0 Å². The number of hydrogen-bond acceptors (Lipinski definition) is 5. The van der Waals surface area contributed by atoms with Crippen molar-refractivity contribution in [2.45, 2.75) is 31.8 Å². The number of Topliss-reactive ketones (excluding diaryl/α,β-unsaturated/α-hetero) is 1. The summed E-state index contributed by atoms with van der Waals surface area (Å²) < 4.78 is 5.28. The SMILES string of the molecule is COC(=O)[C@@]1(C#N)[C@@H](c2ccc(C)cc2C)[C@@H](C(=O)c2ccccc2)N2c3ccccc3C=C[C@@H]21. The topological polar surface area (TPSA) is 70.4 Å². The second-order valence-electron chi connectivity index (χ2n) is 9.26. The first-order chi connectivity index (χ1) is 16.9. The van der Waals surface area contributed by atoms with Gasteiger partial charge < -0.3 is 9.64 Å². The zero-order valence-electron chi connectivity index (χ0n) is 19.9. The van der Waals surface area contributed by atoms with Gasteiger partial charge in [0, 0.05) is 17.2 Å². The molecule has 174 valence electrons. The highest BCUT2D eigenvalue weighted by molar-refractivity contribution is 6.06. The van der Waals surface area contributed by atoms with Gasteiger partial charge in [-0.1, -0.05) is 84.4 Å². The van der Waals surface area contributed by atoms with Crippen LogP contribution in [0, 0.1) is 30.6 Å². The third kappa shape index (κ3) is 3.29. The van der Waals surface area contributed by atoms with Gasteiger partial charge >= 0.3 is 5.97 Å². The molecule has 0 spiro atoms. The Labute approximate surface area is 205 Å². The van der Waals surface area contributed by atoms with Gasteiger partial charge in [0.25, 0.3) is 0 Å². The summed E-state index contributed by atoms with van der Waals surface area (Å²) >= 11 is 0. The van der Waals surface area contributed by atoms with E-state index in [1.807, 2.05) is 91.6 Å². The van der Waals surface area contributed by atoms with E-state index in [0.29, 0.717) is 5.56 Å². The average molecular weight is 463 g/mol. The van der Waals surface area contributed by atoms with Crippen molar-refractivity contribution in [3.63, 3.8) is 0 Å². The van der Waals surface area contributed by atoms with Gasteiger partial charge in [0.05, 0.1) is 19.2 Å². The fraction of sp³-hybridized carbons (Fsp3) is 0.233. The predicted octanol–water partition coefficient (Wildman–Crippen LogP) is 5.24. The molecule has 1 saturated heterocycles. The molecule has 0 bridgehead atoms. The molecule has 4 atom stereocenters. The highest BCUT2D eigenvalue weighted by Gasteiger charge is 2.67. The molecule has 5 rings (SSSR count). The number of ketones is 1. The minimum atomic E-state index is -1.62. The van der Waals surface area contributed by atoms with Crippen molar-refractivity contribution in [1.29, 1.82) is 5.26 Å². The number of benzene rings is 3. The number of nitriles is 1. The fourth-order valence-electron chi connectivity index (χ4n) is 5.83. The molecule has 3 aromatic carbocycles. The molecule has 0 unspecified atom stereocenters. The number of fused-ring (bicyclic) bond motifs is 3. The number of para-hydroxylation sites is 1. The summed E-state index contributed by atoms with van der Waals surface area (Å²) in [5.41, 5.74) is 3.49. The second kappa shape index (κ2) is 8.56. The minimum absolute atomic E-state index is 0.133. The standard InChI is InChI=1S/C30H26N2O3/c1-19-13-15-23(20(2)17-19)26-27(28(33)22-10-5-4-6-11-22)32-24-12-8-7-9-21(24)14-16-25(32)30(26,18-31)29(34)35-3/h4-17,25-27H,1-3H3/t25-,26+,27+,30-/m1/s1. The van der Waals surface area contributed by atoms with Crippen molar-refractivity contribution >= 4 is 23.5 Å². The molecule has 3 aromatic rings. The van der Waals surface area contributed by atoms with Crippen LogP contribution in [0.15, 0.2) is 78.9 Å². The number of carbonyl (C=O) groups excluding carboxylic acids is 2. The van der Waals surface area contributed by atoms with Gasteiger partial charge in [-0.05, 0) is 36.6 Å². The molecular weight excluding hydrogens is 436 g/mol. The molecule has 5 nitrogen and oxygen atoms in total. The number of hydrogen-bond donors (Lipinski definition) is 0. The smallest absolute Gasteiger partial charge is 0.329 e. The maximum atomic E-state index is 14.3. The summed E-state index contributed by atoms with van der Waals surface area (Å²) in [6.45, 7) is 3.96. The van der Waals surface area contributed by atoms with Crippen molar-refractivity contribution < 1.29 is 14.3 Å². The van der Waals surface area contributed by atoms with Crippen LogP contribution >= 0.6 is 0 Å². The van der Waals surface area contributed by atoms with Gasteiger partial charge in [-0.25, -0.2) is 0 Å². The lowest BCUT2D eigenvalue weighted by atomic mass is 9.67. The first-order valence-corrected chi connectivity index (χ1v) is 11.7. The van der Waals surface area contributed by atoms with Crippen LogP contribution in [0.3, 0.4) is 0 Å². The third-order valence-corrected chi connectivity index (χ3v) is 7.34. The summed E-state index contributed by atoms with van der Waals surface area (Å²) in [6.07, 6.45) is 3.80. The maximum absolute atomic E-state index is 14.3. The Kier molecular flexibility index (Phi) is 5.53. The second-order valence-corrected chi connectivity index (χ2v) is 9.26. The van der Waals surface area contributed by atoms with Gasteiger partial charge in [0.15, 0.2) is 11.2 Å². The van der Waals surface area contributed by atoms with Crippen LogP contribution in [0.25, 0.3) is 6.08 Å². The van der Waals surface area contributed by atoms with Crippen molar-refractivity contribution in [1.82, 2.24) is 0 Å². The van der Waals surface area contributed by atoms with E-state index in [4.69, 9.17) is 4.74 Å². The molecule has 0 amide bonds. The molecule has 2 aliphatic rings. The Bertz CT molecular complexity index is 1390. The molecule has 35 heavy (non-hydrogen) atoms. The maximum Gasteiger partial charge on any atom is 0.329 e. The zero-order chi connectivity index (χ0) is 24.7. The Morgan fingerprint density at radius 1 is 1.00 bits per heavy atom. The third-order valence-electron chi connectivity index (χ3n) is 7.34. The van der Waals surface area contributed by atoms with E-state index >= 15 is 0 Å². The summed E-state index contributed by atoms with van der Waals surface area (Å²) in [6, 6.07) is 23.7. The molecule has 0 aliphatic carbocycles. The van der Waals surface area contributed by atoms with E-state index in [9.17, 15) is 14.9 Å². The van der Waals surface area contributed by atoms with Crippen LogP contribution in [0.4, 0.5) is 5.69 Å². The molecule has 2 heterocycles. The fourth-order valence-corrected chi connectivity index (χ4v) is 5.83. The number of esters is 1. The Morgan fingerprint density at radius 2 is 1.71 bits per heavy atom. The monoisotopic (exact) mass is 462 g/mol. The summed E-state index contributed by atoms with van der Waals surface area (Å²) in [5, 5.41) is 10.7. The van der Waals surface area contributed by atoms with Gasteiger partial charge in [-0.3, -0.25) is 9.59 Å². The van der Waals surface area contributed by atoms with Gasteiger partial charge in [0.1, 0.15) is 6.04 Å². The Morgan fingerprint density at radius 3 is 2.40 bits per heavy atom. The molecule has 1 fully saturated rings. The van der Waals surface area contributed by atoms with E-state index in [2.05, 4.69) is 6.07 Å². The predicted molar refractivity (Wildman–Crippen MR) is 135 cm³/mol. The number of aryl methyl sites for hydroxylation is 2. The molecule has 0 N–H and O–H groups in total. The molecule has 0 saturated carbocycles. The lowest BCUT2D eigenvalue weighted by Gasteiger charge is -2.36. The first-order valence-electron chi connectivity index (χ1n) is 11.7. The minimum Gasteiger partial charge on any atom is -0.468 e. The van der Waals surface area contributed by atoms with Crippen molar-refractivity contribution in [2.75, 3.05) is 12.0 Å². The summed E-state index contributed by atoms with van der Waals surface area (Å²) in [5.74, 6) is -1.51. The van der Waals surface area contributed by atoms with Crippen LogP contribution < -0.4 is 4.90 Å². The van der Waals surface area contributed by atoms with E-state index in [1.54, 1.807) is 12.1 Å². The van der Waals surface area contributed by atoms with Gasteiger partial charge in [0.2, 0.25) is 0 Å². The number of carbonyl (C=O) groups is 2. The lowest BCUT2D eigenvalue weighted by Crippen LogP contribution is -2.46. The Balaban J connectivity index is 1.84. The Hall–Kier alpha value is -4.17. The van der Waals surface area contributed by atoms with Crippen LogP contribution in [0.2, 0.25) is 0 Å². The molecular formula is C30H26N2O3.